The number of rotatable bonds is 6. The van der Waals surface area contributed by atoms with Gasteiger partial charge in [0.25, 0.3) is 0 Å². The number of alkyl halides is 1. The molecule has 1 aliphatic carbocycles. The molecule has 0 saturated heterocycles. The van der Waals surface area contributed by atoms with Crippen molar-refractivity contribution in [3.05, 3.63) is 25.4 Å². The molecular weight excluding hydrogens is 489 g/mol. The molecule has 0 aromatic carbocycles. The molecule has 1 N–H and O–H groups in total. The van der Waals surface area contributed by atoms with Crippen LogP contribution in [0.25, 0.3) is 0 Å². The quantitative estimate of drug-likeness (QED) is 0.0892. The fraction of sp³-hybridized carbons (Fsp3) is 0.538. The molecule has 1 aromatic rings. The fourth-order valence-electron chi connectivity index (χ4n) is 2.04. The van der Waals surface area contributed by atoms with Crippen LogP contribution >= 0.6 is 58.3 Å². The highest BCUT2D eigenvalue weighted by molar-refractivity contribution is 8.00. The maximum atomic E-state index is 10.8. The Kier molecular flexibility index (Phi) is 8.28. The van der Waals surface area contributed by atoms with Gasteiger partial charge in [0.1, 0.15) is 6.34 Å². The molecule has 2 unspecified atom stereocenters. The molecule has 16 heteroatoms. The van der Waals surface area contributed by atoms with Crippen LogP contribution < -0.4 is 5.32 Å². The number of nitrogens with one attached hydrogen (secondary N) is 1. The number of thioether (sulfide) groups is 2. The van der Waals surface area contributed by atoms with Gasteiger partial charge < -0.3 is 5.32 Å². The van der Waals surface area contributed by atoms with E-state index in [2.05, 4.69) is 25.3 Å². The SMILES string of the molecule is CSC1([N+](=O)[O-])C(Cl)=NC=NC1Cl.CSc1nc(Cl)c([N+](=O)[O-])c(NC2CC2)n1. The Hall–Kier alpha value is -1.41. The number of aromatic nitrogens is 2. The third-order valence-electron chi connectivity index (χ3n) is 3.67. The lowest BCUT2D eigenvalue weighted by atomic mass is 10.3. The topological polar surface area (TPSA) is 149 Å². The number of nitrogens with zero attached hydrogens (tertiary/aromatic N) is 6. The zero-order chi connectivity index (χ0) is 21.8. The monoisotopic (exact) mass is 501 g/mol. The molecule has 0 bridgehead atoms. The van der Waals surface area contributed by atoms with Crippen LogP contribution in [0.2, 0.25) is 5.15 Å². The third kappa shape index (κ3) is 5.40. The summed E-state index contributed by atoms with van der Waals surface area (Å²) in [6.07, 6.45) is 6.47. The van der Waals surface area contributed by atoms with Crippen LogP contribution in [0.4, 0.5) is 11.5 Å². The molecule has 1 saturated carbocycles. The molecule has 0 radical (unpaired) electrons. The van der Waals surface area contributed by atoms with Crippen molar-refractivity contribution in [3.63, 3.8) is 0 Å². The minimum atomic E-state index is -1.64. The summed E-state index contributed by atoms with van der Waals surface area (Å²) in [4.78, 5) is 34.0. The molecule has 1 aliphatic heterocycles. The van der Waals surface area contributed by atoms with E-state index in [0.29, 0.717) is 5.16 Å². The summed E-state index contributed by atoms with van der Waals surface area (Å²) in [5.74, 6) is 0.219. The van der Waals surface area contributed by atoms with Gasteiger partial charge in [0.2, 0.25) is 16.5 Å². The number of hydrogen-bond acceptors (Lipinski definition) is 11. The zero-order valence-electron chi connectivity index (χ0n) is 14.9. The van der Waals surface area contributed by atoms with Gasteiger partial charge in [-0.1, -0.05) is 58.3 Å². The highest BCUT2D eigenvalue weighted by atomic mass is 35.5. The number of halogens is 3. The smallest absolute Gasteiger partial charge is 0.354 e. The number of anilines is 1. The van der Waals surface area contributed by atoms with E-state index in [0.717, 1.165) is 30.9 Å². The number of hydrogen-bond donors (Lipinski definition) is 1. The van der Waals surface area contributed by atoms with E-state index in [4.69, 9.17) is 34.8 Å². The van der Waals surface area contributed by atoms with Crippen molar-refractivity contribution in [1.82, 2.24) is 9.97 Å². The van der Waals surface area contributed by atoms with Crippen LogP contribution in [-0.2, 0) is 0 Å². The summed E-state index contributed by atoms with van der Waals surface area (Å²) in [5.41, 5.74) is -1.27. The molecule has 1 fully saturated rings. The molecule has 29 heavy (non-hydrogen) atoms. The van der Waals surface area contributed by atoms with E-state index in [1.807, 2.05) is 0 Å². The fourth-order valence-corrected chi connectivity index (χ4v) is 4.32. The van der Waals surface area contributed by atoms with E-state index >= 15 is 0 Å². The second kappa shape index (κ2) is 10.1. The van der Waals surface area contributed by atoms with Crippen LogP contribution in [0, 0.1) is 20.2 Å². The molecule has 2 heterocycles. The first-order chi connectivity index (χ1) is 13.7. The lowest BCUT2D eigenvalue weighted by molar-refractivity contribution is -0.516. The Morgan fingerprint density at radius 2 is 1.90 bits per heavy atom. The van der Waals surface area contributed by atoms with Crippen LogP contribution in [-0.4, -0.2) is 60.2 Å². The summed E-state index contributed by atoms with van der Waals surface area (Å²) in [6.45, 7) is 0. The van der Waals surface area contributed by atoms with Gasteiger partial charge in [0.15, 0.2) is 10.3 Å². The first kappa shape index (κ1) is 23.9. The lowest BCUT2D eigenvalue weighted by Gasteiger charge is -2.25. The molecule has 158 valence electrons. The summed E-state index contributed by atoms with van der Waals surface area (Å²) >= 11 is 19.3. The number of aliphatic imine (C=N–C) groups is 2. The highest BCUT2D eigenvalue weighted by Gasteiger charge is 2.55. The van der Waals surface area contributed by atoms with Crippen molar-refractivity contribution < 1.29 is 9.85 Å². The molecule has 2 atom stereocenters. The Labute approximate surface area is 188 Å². The van der Waals surface area contributed by atoms with E-state index < -0.39 is 20.2 Å². The summed E-state index contributed by atoms with van der Waals surface area (Å²) in [7, 11) is 0. The minimum absolute atomic E-state index is 0.118. The van der Waals surface area contributed by atoms with Crippen LogP contribution in [0.3, 0.4) is 0 Å². The van der Waals surface area contributed by atoms with Crippen molar-refractivity contribution in [2.24, 2.45) is 9.98 Å². The van der Waals surface area contributed by atoms with Crippen molar-refractivity contribution >= 4 is 81.3 Å². The van der Waals surface area contributed by atoms with Crippen molar-refractivity contribution in [3.8, 4) is 0 Å². The molecule has 3 rings (SSSR count). The molecule has 11 nitrogen and oxygen atoms in total. The first-order valence-electron chi connectivity index (χ1n) is 7.78. The predicted octanol–water partition coefficient (Wildman–Crippen LogP) is 3.90. The molecule has 1 aromatic heterocycles. The van der Waals surface area contributed by atoms with Crippen molar-refractivity contribution in [2.45, 2.75) is 34.4 Å². The molecule has 2 aliphatic rings. The maximum Gasteiger partial charge on any atom is 0.354 e. The first-order valence-corrected chi connectivity index (χ1v) is 11.4. The van der Waals surface area contributed by atoms with E-state index in [1.165, 1.54) is 18.0 Å². The van der Waals surface area contributed by atoms with Gasteiger partial charge in [0, 0.05) is 11.0 Å². The third-order valence-corrected chi connectivity index (χ3v) is 6.73. The van der Waals surface area contributed by atoms with Crippen LogP contribution in [0.15, 0.2) is 15.1 Å². The van der Waals surface area contributed by atoms with Gasteiger partial charge >= 0.3 is 10.6 Å². The molecular formula is C13H14Cl3N7O4S2. The van der Waals surface area contributed by atoms with Crippen LogP contribution in [0.5, 0.6) is 0 Å². The van der Waals surface area contributed by atoms with E-state index in [9.17, 15) is 20.2 Å². The maximum absolute atomic E-state index is 10.8. The average molecular weight is 503 g/mol. The Morgan fingerprint density at radius 3 is 2.31 bits per heavy atom. The normalized spacial score (nSPS) is 22.9. The van der Waals surface area contributed by atoms with Gasteiger partial charge in [-0.2, -0.15) is 4.98 Å². The van der Waals surface area contributed by atoms with E-state index in [1.54, 1.807) is 6.26 Å². The second-order valence-corrected chi connectivity index (χ2v) is 8.49. The van der Waals surface area contributed by atoms with Gasteiger partial charge in [0.05, 0.1) is 4.92 Å². The minimum Gasteiger partial charge on any atom is -0.361 e. The molecule has 0 amide bonds. The largest absolute Gasteiger partial charge is 0.361 e. The Morgan fingerprint density at radius 1 is 1.24 bits per heavy atom. The highest BCUT2D eigenvalue weighted by Crippen LogP contribution is 2.37. The Bertz CT molecular complexity index is 871. The van der Waals surface area contributed by atoms with Gasteiger partial charge in [-0.3, -0.25) is 20.2 Å². The predicted molar refractivity (Wildman–Crippen MR) is 117 cm³/mol. The molecule has 0 spiro atoms. The van der Waals surface area contributed by atoms with Gasteiger partial charge in [-0.25, -0.2) is 15.0 Å². The van der Waals surface area contributed by atoms with Crippen molar-refractivity contribution in [2.75, 3.05) is 17.8 Å². The van der Waals surface area contributed by atoms with E-state index in [-0.39, 0.29) is 27.9 Å². The lowest BCUT2D eigenvalue weighted by Crippen LogP contribution is -2.49. The van der Waals surface area contributed by atoms with Gasteiger partial charge in [-0.15, -0.1) is 0 Å². The van der Waals surface area contributed by atoms with Crippen molar-refractivity contribution in [1.29, 1.82) is 0 Å². The summed E-state index contributed by atoms with van der Waals surface area (Å²) in [5, 5.41) is 24.8. The van der Waals surface area contributed by atoms with Gasteiger partial charge in [-0.05, 0) is 25.4 Å². The second-order valence-electron chi connectivity index (χ2n) is 5.55. The summed E-state index contributed by atoms with van der Waals surface area (Å²) in [6, 6.07) is 0.277. The zero-order valence-corrected chi connectivity index (χ0v) is 18.8. The number of nitro groups is 2. The standard InChI is InChI=1S/C8H9ClN4O2S.C5H5Cl2N3O2S/c1-16-8-11-6(9)5(13(14)15)7(12-8)10-4-2-3-4;1-13-5(10(11)12)3(6)8-2-9-4(5)7/h4H,2-3H2,1H3,(H,10,11,12);2-3H,1H3. The Balaban J connectivity index is 0.000000212. The average Bonchev–Trinajstić information content (AvgIpc) is 3.45. The van der Waals surface area contributed by atoms with Crippen LogP contribution in [0.1, 0.15) is 12.8 Å². The summed E-state index contributed by atoms with van der Waals surface area (Å²) < 4.78 is 0.